The summed E-state index contributed by atoms with van der Waals surface area (Å²) in [7, 11) is 0. The van der Waals surface area contributed by atoms with Crippen molar-refractivity contribution in [1.29, 1.82) is 0 Å². The van der Waals surface area contributed by atoms with Crippen LogP contribution in [0.3, 0.4) is 0 Å². The molecule has 0 rings (SSSR count). The second-order valence-corrected chi connectivity index (χ2v) is 6.77. The SMILES string of the molecule is CC(N)C(=O)NC(CCCCN)C(=O)NC(C)C(=O)NC(CCC(N)=O)C(=O)O. The topological polar surface area (TPSA) is 220 Å². The molecule has 0 aliphatic rings. The number of unbranched alkanes of at least 4 members (excludes halogenated alkanes) is 1. The minimum atomic E-state index is -1.33. The highest BCUT2D eigenvalue weighted by molar-refractivity contribution is 5.93. The van der Waals surface area contributed by atoms with Gasteiger partial charge in [0, 0.05) is 6.42 Å². The third kappa shape index (κ3) is 11.0. The van der Waals surface area contributed by atoms with Crippen LogP contribution in [0.2, 0.25) is 0 Å². The molecule has 0 radical (unpaired) electrons. The number of carbonyl (C=O) groups is 5. The number of rotatable bonds is 14. The molecule has 166 valence electrons. The summed E-state index contributed by atoms with van der Waals surface area (Å²) >= 11 is 0. The number of carboxylic acid groups (broad SMARTS) is 1. The molecule has 0 bridgehead atoms. The number of carbonyl (C=O) groups excluding carboxylic acids is 4. The van der Waals surface area contributed by atoms with Gasteiger partial charge in [-0.25, -0.2) is 4.79 Å². The first-order valence-corrected chi connectivity index (χ1v) is 9.37. The lowest BCUT2D eigenvalue weighted by Crippen LogP contribution is -2.56. The van der Waals surface area contributed by atoms with Gasteiger partial charge in [-0.3, -0.25) is 19.2 Å². The summed E-state index contributed by atoms with van der Waals surface area (Å²) in [5.74, 6) is -3.91. The Bertz CT molecular complexity index is 597. The van der Waals surface area contributed by atoms with Gasteiger partial charge in [-0.15, -0.1) is 0 Å². The van der Waals surface area contributed by atoms with Gasteiger partial charge < -0.3 is 38.3 Å². The van der Waals surface area contributed by atoms with E-state index in [0.717, 1.165) is 0 Å². The third-order valence-electron chi connectivity index (χ3n) is 4.04. The van der Waals surface area contributed by atoms with Crippen LogP contribution >= 0.6 is 0 Å². The number of hydrogen-bond acceptors (Lipinski definition) is 7. The van der Waals surface area contributed by atoms with Crippen LogP contribution in [0.4, 0.5) is 0 Å². The lowest BCUT2D eigenvalue weighted by atomic mass is 10.1. The maximum atomic E-state index is 12.5. The van der Waals surface area contributed by atoms with E-state index >= 15 is 0 Å². The molecule has 0 aromatic rings. The number of primary amides is 1. The minimum absolute atomic E-state index is 0.177. The second-order valence-electron chi connectivity index (χ2n) is 6.77. The summed E-state index contributed by atoms with van der Waals surface area (Å²) in [6.07, 6.45) is 1.12. The fourth-order valence-electron chi connectivity index (χ4n) is 2.29. The van der Waals surface area contributed by atoms with Crippen LogP contribution in [-0.2, 0) is 24.0 Å². The predicted octanol–water partition coefficient (Wildman–Crippen LogP) is -2.71. The lowest BCUT2D eigenvalue weighted by molar-refractivity contribution is -0.142. The number of carboxylic acids is 1. The monoisotopic (exact) mass is 416 g/mol. The van der Waals surface area contributed by atoms with Crippen LogP contribution in [0.5, 0.6) is 0 Å². The molecule has 4 amide bonds. The van der Waals surface area contributed by atoms with Crippen molar-refractivity contribution in [2.75, 3.05) is 6.54 Å². The van der Waals surface area contributed by atoms with Crippen molar-refractivity contribution < 1.29 is 29.1 Å². The largest absolute Gasteiger partial charge is 0.480 e. The van der Waals surface area contributed by atoms with Gasteiger partial charge in [0.15, 0.2) is 0 Å². The maximum absolute atomic E-state index is 12.5. The average molecular weight is 416 g/mol. The Hall–Kier alpha value is -2.73. The van der Waals surface area contributed by atoms with Gasteiger partial charge in [0.2, 0.25) is 23.6 Å². The minimum Gasteiger partial charge on any atom is -0.480 e. The van der Waals surface area contributed by atoms with Crippen LogP contribution < -0.4 is 33.2 Å². The number of amides is 4. The zero-order valence-corrected chi connectivity index (χ0v) is 16.8. The van der Waals surface area contributed by atoms with Gasteiger partial charge >= 0.3 is 5.97 Å². The van der Waals surface area contributed by atoms with Crippen LogP contribution in [0.15, 0.2) is 0 Å². The van der Waals surface area contributed by atoms with Gasteiger partial charge in [0.05, 0.1) is 6.04 Å². The van der Waals surface area contributed by atoms with Gasteiger partial charge in [0.25, 0.3) is 0 Å². The lowest BCUT2D eigenvalue weighted by Gasteiger charge is -2.23. The number of hydrogen-bond donors (Lipinski definition) is 7. The first kappa shape index (κ1) is 26.3. The molecule has 0 aromatic heterocycles. The summed E-state index contributed by atoms with van der Waals surface area (Å²) in [5, 5.41) is 16.3. The summed E-state index contributed by atoms with van der Waals surface area (Å²) in [5.41, 5.74) is 15.9. The number of aliphatic carboxylic acids is 1. The van der Waals surface area contributed by atoms with Crippen molar-refractivity contribution in [3.05, 3.63) is 0 Å². The Morgan fingerprint density at radius 1 is 0.862 bits per heavy atom. The van der Waals surface area contributed by atoms with Crippen LogP contribution in [0, 0.1) is 0 Å². The van der Waals surface area contributed by atoms with E-state index < -0.39 is 53.8 Å². The van der Waals surface area contributed by atoms with E-state index in [4.69, 9.17) is 22.3 Å². The molecule has 0 aliphatic carbocycles. The van der Waals surface area contributed by atoms with Crippen LogP contribution in [0.1, 0.15) is 46.0 Å². The molecule has 0 spiro atoms. The van der Waals surface area contributed by atoms with E-state index in [1.54, 1.807) is 0 Å². The van der Waals surface area contributed by atoms with Crippen molar-refractivity contribution >= 4 is 29.6 Å². The van der Waals surface area contributed by atoms with E-state index in [1.807, 2.05) is 0 Å². The molecule has 4 unspecified atom stereocenters. The Morgan fingerprint density at radius 3 is 1.93 bits per heavy atom. The fourth-order valence-corrected chi connectivity index (χ4v) is 2.29. The van der Waals surface area contributed by atoms with E-state index in [2.05, 4.69) is 16.0 Å². The molecule has 0 saturated carbocycles. The van der Waals surface area contributed by atoms with Gasteiger partial charge in [0.1, 0.15) is 18.1 Å². The maximum Gasteiger partial charge on any atom is 0.326 e. The molecule has 0 aromatic carbocycles. The van der Waals surface area contributed by atoms with Crippen LogP contribution in [0.25, 0.3) is 0 Å². The average Bonchev–Trinajstić information content (AvgIpc) is 2.63. The van der Waals surface area contributed by atoms with Crippen molar-refractivity contribution in [2.24, 2.45) is 17.2 Å². The molecular formula is C17H32N6O6. The third-order valence-corrected chi connectivity index (χ3v) is 4.04. The molecular weight excluding hydrogens is 384 g/mol. The standard InChI is InChI=1S/C17H32N6O6/c1-9(19)14(25)22-11(5-3-4-8-18)16(27)21-10(2)15(26)23-12(17(28)29)6-7-13(20)24/h9-12H,3-8,18-19H2,1-2H3,(H2,20,24)(H,21,27)(H,22,25)(H,23,26)(H,28,29). The van der Waals surface area contributed by atoms with Crippen molar-refractivity contribution in [1.82, 2.24) is 16.0 Å². The second kappa shape index (κ2) is 13.4. The highest BCUT2D eigenvalue weighted by atomic mass is 16.4. The van der Waals surface area contributed by atoms with Crippen molar-refractivity contribution in [3.8, 4) is 0 Å². The fraction of sp³-hybridized carbons (Fsp3) is 0.706. The molecule has 0 fully saturated rings. The van der Waals surface area contributed by atoms with Crippen LogP contribution in [-0.4, -0.2) is 65.4 Å². The smallest absolute Gasteiger partial charge is 0.326 e. The zero-order chi connectivity index (χ0) is 22.6. The van der Waals surface area contributed by atoms with Crippen molar-refractivity contribution in [3.63, 3.8) is 0 Å². The summed E-state index contributed by atoms with van der Waals surface area (Å²) in [6.45, 7) is 3.26. The number of nitrogens with two attached hydrogens (primary N) is 3. The predicted molar refractivity (Wildman–Crippen MR) is 104 cm³/mol. The quantitative estimate of drug-likeness (QED) is 0.147. The molecule has 12 nitrogen and oxygen atoms in total. The Kier molecular flexibility index (Phi) is 12.2. The van der Waals surface area contributed by atoms with E-state index in [-0.39, 0.29) is 12.8 Å². The molecule has 10 N–H and O–H groups in total. The Balaban J connectivity index is 4.93. The molecule has 0 saturated heterocycles. The highest BCUT2D eigenvalue weighted by Crippen LogP contribution is 2.03. The van der Waals surface area contributed by atoms with E-state index in [9.17, 15) is 24.0 Å². The molecule has 0 aliphatic heterocycles. The molecule has 4 atom stereocenters. The molecule has 0 heterocycles. The zero-order valence-electron chi connectivity index (χ0n) is 16.8. The first-order chi connectivity index (χ1) is 13.5. The van der Waals surface area contributed by atoms with Gasteiger partial charge in [-0.05, 0) is 46.1 Å². The molecule has 29 heavy (non-hydrogen) atoms. The normalized spacial score (nSPS) is 14.8. The van der Waals surface area contributed by atoms with Crippen molar-refractivity contribution in [2.45, 2.75) is 70.1 Å². The highest BCUT2D eigenvalue weighted by Gasteiger charge is 2.27. The first-order valence-electron chi connectivity index (χ1n) is 9.37. The van der Waals surface area contributed by atoms with E-state index in [1.165, 1.54) is 13.8 Å². The summed E-state index contributed by atoms with van der Waals surface area (Å²) < 4.78 is 0. The molecule has 12 heteroatoms. The summed E-state index contributed by atoms with van der Waals surface area (Å²) in [4.78, 5) is 58.6. The van der Waals surface area contributed by atoms with E-state index in [0.29, 0.717) is 25.8 Å². The summed E-state index contributed by atoms with van der Waals surface area (Å²) in [6, 6.07) is -4.14. The Labute approximate surface area is 169 Å². The van der Waals surface area contributed by atoms with Gasteiger partial charge in [-0.2, -0.15) is 0 Å². The Morgan fingerprint density at radius 2 is 1.45 bits per heavy atom. The van der Waals surface area contributed by atoms with Gasteiger partial charge in [-0.1, -0.05) is 0 Å². The number of nitrogens with one attached hydrogen (secondary N) is 3.